The highest BCUT2D eigenvalue weighted by atomic mass is 16.7. The lowest BCUT2D eigenvalue weighted by atomic mass is 10.1. The highest BCUT2D eigenvalue weighted by Crippen LogP contribution is 2.32. The molecule has 0 bridgehead atoms. The first kappa shape index (κ1) is 14.2. The lowest BCUT2D eigenvalue weighted by Crippen LogP contribution is -2.31. The second kappa shape index (κ2) is 5.92. The SMILES string of the molecule is O=C(CC[C@@H]1NC(=O)NC1=O)NCc1ccc2c(c1)OCO2. The van der Waals surface area contributed by atoms with Gasteiger partial charge in [0.2, 0.25) is 12.7 Å². The Morgan fingerprint density at radius 3 is 2.86 bits per heavy atom. The summed E-state index contributed by atoms with van der Waals surface area (Å²) in [7, 11) is 0. The van der Waals surface area contributed by atoms with Crippen LogP contribution in [0.1, 0.15) is 18.4 Å². The van der Waals surface area contributed by atoms with Gasteiger partial charge in [-0.05, 0) is 24.1 Å². The summed E-state index contributed by atoms with van der Waals surface area (Å²) in [6.45, 7) is 0.568. The number of amides is 4. The third kappa shape index (κ3) is 3.11. The molecule has 2 heterocycles. The van der Waals surface area contributed by atoms with Crippen molar-refractivity contribution in [3.05, 3.63) is 23.8 Å². The van der Waals surface area contributed by atoms with Gasteiger partial charge in [0.1, 0.15) is 6.04 Å². The van der Waals surface area contributed by atoms with Gasteiger partial charge in [0.15, 0.2) is 11.5 Å². The summed E-state index contributed by atoms with van der Waals surface area (Å²) in [5.41, 5.74) is 0.893. The minimum Gasteiger partial charge on any atom is -0.454 e. The summed E-state index contributed by atoms with van der Waals surface area (Å²) in [6, 6.07) is 4.30. The van der Waals surface area contributed by atoms with Crippen LogP contribution in [0.15, 0.2) is 18.2 Å². The van der Waals surface area contributed by atoms with E-state index in [4.69, 9.17) is 9.47 Å². The normalized spacial score (nSPS) is 18.8. The largest absolute Gasteiger partial charge is 0.454 e. The number of carbonyl (C=O) groups excluding carboxylic acids is 3. The molecule has 1 saturated heterocycles. The fourth-order valence-corrected chi connectivity index (χ4v) is 2.28. The number of carbonyl (C=O) groups is 3. The van der Waals surface area contributed by atoms with Gasteiger partial charge < -0.3 is 20.1 Å². The molecular formula is C14H15N3O5. The van der Waals surface area contributed by atoms with E-state index in [-0.39, 0.29) is 25.5 Å². The predicted octanol–water partition coefficient (Wildman–Crippen LogP) is 0.0197. The molecule has 8 heteroatoms. The number of urea groups is 1. The molecular weight excluding hydrogens is 290 g/mol. The maximum Gasteiger partial charge on any atom is 0.322 e. The van der Waals surface area contributed by atoms with Crippen molar-refractivity contribution in [2.24, 2.45) is 0 Å². The van der Waals surface area contributed by atoms with Crippen molar-refractivity contribution < 1.29 is 23.9 Å². The van der Waals surface area contributed by atoms with E-state index in [1.165, 1.54) is 0 Å². The Hall–Kier alpha value is -2.77. The van der Waals surface area contributed by atoms with Gasteiger partial charge in [-0.2, -0.15) is 0 Å². The summed E-state index contributed by atoms with van der Waals surface area (Å²) in [5, 5.41) is 7.34. The Bertz CT molecular complexity index is 631. The number of benzene rings is 1. The molecule has 0 unspecified atom stereocenters. The first-order chi connectivity index (χ1) is 10.6. The number of hydrogen-bond donors (Lipinski definition) is 3. The lowest BCUT2D eigenvalue weighted by Gasteiger charge is -2.08. The number of nitrogens with one attached hydrogen (secondary N) is 3. The standard InChI is InChI=1S/C14H15N3O5/c18-12(4-2-9-13(19)17-14(20)16-9)15-6-8-1-3-10-11(5-8)22-7-21-10/h1,3,5,9H,2,4,6-7H2,(H,15,18)(H2,16,17,19,20)/t9-/m0/s1. The van der Waals surface area contributed by atoms with E-state index in [1.54, 1.807) is 6.07 Å². The summed E-state index contributed by atoms with van der Waals surface area (Å²) >= 11 is 0. The van der Waals surface area contributed by atoms with Crippen LogP contribution in [-0.4, -0.2) is 30.7 Å². The molecule has 2 aliphatic rings. The average molecular weight is 305 g/mol. The maximum atomic E-state index is 11.8. The lowest BCUT2D eigenvalue weighted by molar-refractivity contribution is -0.122. The third-order valence-corrected chi connectivity index (χ3v) is 3.45. The molecule has 3 N–H and O–H groups in total. The van der Waals surface area contributed by atoms with Gasteiger partial charge in [-0.1, -0.05) is 6.07 Å². The molecule has 0 radical (unpaired) electrons. The van der Waals surface area contributed by atoms with Crippen molar-refractivity contribution >= 4 is 17.8 Å². The van der Waals surface area contributed by atoms with Gasteiger partial charge in [-0.3, -0.25) is 14.9 Å². The van der Waals surface area contributed by atoms with Gasteiger partial charge in [0, 0.05) is 13.0 Å². The molecule has 4 amide bonds. The van der Waals surface area contributed by atoms with Crippen molar-refractivity contribution in [3.8, 4) is 11.5 Å². The molecule has 0 aliphatic carbocycles. The highest BCUT2D eigenvalue weighted by molar-refractivity contribution is 6.04. The van der Waals surface area contributed by atoms with Crippen LogP contribution in [0, 0.1) is 0 Å². The topological polar surface area (TPSA) is 106 Å². The first-order valence-corrected chi connectivity index (χ1v) is 6.88. The van der Waals surface area contributed by atoms with E-state index in [0.717, 1.165) is 5.56 Å². The van der Waals surface area contributed by atoms with Crippen LogP contribution in [-0.2, 0) is 16.1 Å². The zero-order valence-corrected chi connectivity index (χ0v) is 11.7. The molecule has 0 saturated carbocycles. The number of hydrogen-bond acceptors (Lipinski definition) is 5. The van der Waals surface area contributed by atoms with Crippen LogP contribution in [0.5, 0.6) is 11.5 Å². The Balaban J connectivity index is 1.44. The Labute approximate surface area is 126 Å². The Morgan fingerprint density at radius 1 is 1.27 bits per heavy atom. The molecule has 22 heavy (non-hydrogen) atoms. The first-order valence-electron chi connectivity index (χ1n) is 6.88. The van der Waals surface area contributed by atoms with Crippen LogP contribution in [0.4, 0.5) is 4.79 Å². The van der Waals surface area contributed by atoms with Gasteiger partial charge in [-0.25, -0.2) is 4.79 Å². The zero-order valence-electron chi connectivity index (χ0n) is 11.7. The Morgan fingerprint density at radius 2 is 2.09 bits per heavy atom. The van der Waals surface area contributed by atoms with E-state index in [1.807, 2.05) is 12.1 Å². The summed E-state index contributed by atoms with van der Waals surface area (Å²) < 4.78 is 10.5. The molecule has 1 fully saturated rings. The van der Waals surface area contributed by atoms with Crippen LogP contribution in [0.2, 0.25) is 0 Å². The van der Waals surface area contributed by atoms with Crippen molar-refractivity contribution in [1.29, 1.82) is 0 Å². The molecule has 116 valence electrons. The third-order valence-electron chi connectivity index (χ3n) is 3.45. The van der Waals surface area contributed by atoms with E-state index < -0.39 is 18.0 Å². The van der Waals surface area contributed by atoms with E-state index in [2.05, 4.69) is 16.0 Å². The minimum absolute atomic E-state index is 0.156. The predicted molar refractivity (Wildman–Crippen MR) is 74.1 cm³/mol. The summed E-state index contributed by atoms with van der Waals surface area (Å²) in [4.78, 5) is 34.1. The van der Waals surface area contributed by atoms with E-state index in [9.17, 15) is 14.4 Å². The van der Waals surface area contributed by atoms with E-state index in [0.29, 0.717) is 18.0 Å². The molecule has 0 aromatic heterocycles. The van der Waals surface area contributed by atoms with Crippen LogP contribution < -0.4 is 25.4 Å². The number of fused-ring (bicyclic) bond motifs is 1. The molecule has 2 aliphatic heterocycles. The van der Waals surface area contributed by atoms with Crippen molar-refractivity contribution in [2.45, 2.75) is 25.4 Å². The van der Waals surface area contributed by atoms with Gasteiger partial charge in [0.05, 0.1) is 0 Å². The monoisotopic (exact) mass is 305 g/mol. The quantitative estimate of drug-likeness (QED) is 0.665. The molecule has 1 aromatic carbocycles. The zero-order chi connectivity index (χ0) is 15.5. The fraction of sp³-hybridized carbons (Fsp3) is 0.357. The number of ether oxygens (including phenoxy) is 2. The van der Waals surface area contributed by atoms with Crippen LogP contribution in [0.3, 0.4) is 0 Å². The maximum absolute atomic E-state index is 11.8. The fourth-order valence-electron chi connectivity index (χ4n) is 2.28. The van der Waals surface area contributed by atoms with E-state index >= 15 is 0 Å². The summed E-state index contributed by atoms with van der Waals surface area (Å²) in [6.07, 6.45) is 0.424. The van der Waals surface area contributed by atoms with Crippen molar-refractivity contribution in [1.82, 2.24) is 16.0 Å². The smallest absolute Gasteiger partial charge is 0.322 e. The Kier molecular flexibility index (Phi) is 3.82. The second-order valence-electron chi connectivity index (χ2n) is 5.02. The van der Waals surface area contributed by atoms with Gasteiger partial charge in [0.25, 0.3) is 5.91 Å². The number of rotatable bonds is 5. The average Bonchev–Trinajstić information content (AvgIpc) is 3.08. The van der Waals surface area contributed by atoms with Gasteiger partial charge in [-0.15, -0.1) is 0 Å². The molecule has 1 atom stereocenters. The second-order valence-corrected chi connectivity index (χ2v) is 5.02. The molecule has 3 rings (SSSR count). The molecule has 1 aromatic rings. The van der Waals surface area contributed by atoms with Crippen molar-refractivity contribution in [3.63, 3.8) is 0 Å². The number of imide groups is 1. The molecule has 8 nitrogen and oxygen atoms in total. The molecule has 0 spiro atoms. The van der Waals surface area contributed by atoms with Crippen LogP contribution in [0.25, 0.3) is 0 Å². The minimum atomic E-state index is -0.635. The summed E-state index contributed by atoms with van der Waals surface area (Å²) in [5.74, 6) is 0.773. The van der Waals surface area contributed by atoms with Crippen LogP contribution >= 0.6 is 0 Å². The highest BCUT2D eigenvalue weighted by Gasteiger charge is 2.29. The van der Waals surface area contributed by atoms with Crippen molar-refractivity contribution in [2.75, 3.05) is 6.79 Å². The van der Waals surface area contributed by atoms with Gasteiger partial charge >= 0.3 is 6.03 Å².